The highest BCUT2D eigenvalue weighted by atomic mass is 16.5. The second kappa shape index (κ2) is 8.31. The van der Waals surface area contributed by atoms with Gasteiger partial charge in [0.2, 0.25) is 0 Å². The number of rotatable bonds is 0. The van der Waals surface area contributed by atoms with E-state index in [1.807, 2.05) is 0 Å². The number of Topliss-reactive ketones (excluding diaryl/α,β-unsaturated/α-hetero) is 1. The standard InChI is InChI=1S/C13H22O3/c14-12-8-5-3-1-2-4-6-10-13(15)16-11-7-9-12/h1-11H2. The number of carbonyl (C=O) groups is 2. The zero-order valence-electron chi connectivity index (χ0n) is 10.0. The minimum Gasteiger partial charge on any atom is -0.466 e. The number of carbonyl (C=O) groups excluding carboxylic acids is 2. The summed E-state index contributed by atoms with van der Waals surface area (Å²) in [4.78, 5) is 22.6. The van der Waals surface area contributed by atoms with E-state index in [0.29, 0.717) is 38.1 Å². The van der Waals surface area contributed by atoms with E-state index in [1.54, 1.807) is 0 Å². The summed E-state index contributed by atoms with van der Waals surface area (Å²) in [6.07, 6.45) is 9.05. The molecule has 0 spiro atoms. The summed E-state index contributed by atoms with van der Waals surface area (Å²) in [5.41, 5.74) is 0. The van der Waals surface area contributed by atoms with Crippen molar-refractivity contribution >= 4 is 11.8 Å². The molecule has 1 rings (SSSR count). The fraction of sp³-hybridized carbons (Fsp3) is 0.846. The van der Waals surface area contributed by atoms with Gasteiger partial charge in [-0.1, -0.05) is 25.7 Å². The molecule has 0 saturated carbocycles. The molecule has 0 N–H and O–H groups in total. The maximum atomic E-state index is 11.4. The third kappa shape index (κ3) is 6.59. The van der Waals surface area contributed by atoms with E-state index in [2.05, 4.69) is 0 Å². The van der Waals surface area contributed by atoms with Gasteiger partial charge in [-0.2, -0.15) is 0 Å². The van der Waals surface area contributed by atoms with Crippen LogP contribution in [-0.2, 0) is 14.3 Å². The van der Waals surface area contributed by atoms with Crippen LogP contribution in [0.2, 0.25) is 0 Å². The van der Waals surface area contributed by atoms with Gasteiger partial charge in [-0.3, -0.25) is 9.59 Å². The van der Waals surface area contributed by atoms with Crippen molar-refractivity contribution < 1.29 is 14.3 Å². The molecular formula is C13H22O3. The Morgan fingerprint density at radius 2 is 1.25 bits per heavy atom. The lowest BCUT2D eigenvalue weighted by atomic mass is 10.0. The van der Waals surface area contributed by atoms with Crippen molar-refractivity contribution in [2.24, 2.45) is 0 Å². The van der Waals surface area contributed by atoms with Crippen LogP contribution in [0.25, 0.3) is 0 Å². The predicted molar refractivity (Wildman–Crippen MR) is 62.1 cm³/mol. The molecule has 3 nitrogen and oxygen atoms in total. The highest BCUT2D eigenvalue weighted by Gasteiger charge is 2.06. The van der Waals surface area contributed by atoms with Crippen LogP contribution in [0.1, 0.15) is 64.2 Å². The van der Waals surface area contributed by atoms with Gasteiger partial charge in [-0.15, -0.1) is 0 Å². The molecule has 16 heavy (non-hydrogen) atoms. The topological polar surface area (TPSA) is 43.4 Å². The minimum absolute atomic E-state index is 0.107. The summed E-state index contributed by atoms with van der Waals surface area (Å²) in [6.45, 7) is 0.407. The van der Waals surface area contributed by atoms with Crippen molar-refractivity contribution in [1.29, 1.82) is 0 Å². The third-order valence-corrected chi connectivity index (χ3v) is 2.95. The second-order valence-electron chi connectivity index (χ2n) is 4.48. The summed E-state index contributed by atoms with van der Waals surface area (Å²) < 4.78 is 5.04. The number of ether oxygens (including phenoxy) is 1. The maximum Gasteiger partial charge on any atom is 0.305 e. The number of esters is 1. The van der Waals surface area contributed by atoms with Gasteiger partial charge in [-0.05, 0) is 19.3 Å². The Hall–Kier alpha value is -0.860. The van der Waals surface area contributed by atoms with E-state index in [1.165, 1.54) is 12.8 Å². The minimum atomic E-state index is -0.107. The molecule has 0 atom stereocenters. The van der Waals surface area contributed by atoms with Crippen molar-refractivity contribution in [2.45, 2.75) is 64.2 Å². The Balaban J connectivity index is 2.24. The Morgan fingerprint density at radius 1 is 0.688 bits per heavy atom. The lowest BCUT2D eigenvalue weighted by molar-refractivity contribution is -0.144. The molecule has 1 heterocycles. The molecule has 0 aromatic heterocycles. The van der Waals surface area contributed by atoms with E-state index < -0.39 is 0 Å². The van der Waals surface area contributed by atoms with Crippen LogP contribution in [-0.4, -0.2) is 18.4 Å². The molecule has 1 aliphatic heterocycles. The first kappa shape index (κ1) is 13.2. The zero-order valence-corrected chi connectivity index (χ0v) is 10.0. The number of hydrogen-bond donors (Lipinski definition) is 0. The lowest BCUT2D eigenvalue weighted by Crippen LogP contribution is -2.08. The van der Waals surface area contributed by atoms with Gasteiger partial charge >= 0.3 is 5.97 Å². The molecule has 0 aliphatic carbocycles. The number of hydrogen-bond acceptors (Lipinski definition) is 3. The van der Waals surface area contributed by atoms with E-state index in [-0.39, 0.29) is 5.97 Å². The molecular weight excluding hydrogens is 204 g/mol. The van der Waals surface area contributed by atoms with Gasteiger partial charge in [0.15, 0.2) is 0 Å². The van der Waals surface area contributed by atoms with Gasteiger partial charge in [0.25, 0.3) is 0 Å². The van der Waals surface area contributed by atoms with Crippen LogP contribution in [0, 0.1) is 0 Å². The first-order valence-electron chi connectivity index (χ1n) is 6.46. The zero-order chi connectivity index (χ0) is 11.6. The average molecular weight is 226 g/mol. The second-order valence-corrected chi connectivity index (χ2v) is 4.48. The molecule has 1 aliphatic rings. The fourth-order valence-electron chi connectivity index (χ4n) is 1.95. The maximum absolute atomic E-state index is 11.4. The van der Waals surface area contributed by atoms with Crippen LogP contribution < -0.4 is 0 Å². The van der Waals surface area contributed by atoms with Gasteiger partial charge < -0.3 is 4.74 Å². The van der Waals surface area contributed by atoms with E-state index in [9.17, 15) is 9.59 Å². The summed E-state index contributed by atoms with van der Waals surface area (Å²) in [7, 11) is 0. The van der Waals surface area contributed by atoms with Crippen LogP contribution in [0.15, 0.2) is 0 Å². The normalized spacial score (nSPS) is 22.2. The number of ketones is 1. The van der Waals surface area contributed by atoms with Gasteiger partial charge in [0, 0.05) is 19.3 Å². The summed E-state index contributed by atoms with van der Waals surface area (Å²) >= 11 is 0. The van der Waals surface area contributed by atoms with Crippen LogP contribution in [0.3, 0.4) is 0 Å². The predicted octanol–water partition coefficient (Wildman–Crippen LogP) is 3.01. The Kier molecular flexibility index (Phi) is 6.86. The smallest absolute Gasteiger partial charge is 0.305 e. The van der Waals surface area contributed by atoms with Crippen molar-refractivity contribution in [1.82, 2.24) is 0 Å². The van der Waals surface area contributed by atoms with Gasteiger partial charge in [-0.25, -0.2) is 0 Å². The molecule has 1 saturated heterocycles. The molecule has 0 bridgehead atoms. The Labute approximate surface area is 97.5 Å². The van der Waals surface area contributed by atoms with Gasteiger partial charge in [0.05, 0.1) is 6.61 Å². The lowest BCUT2D eigenvalue weighted by Gasteiger charge is -2.06. The van der Waals surface area contributed by atoms with E-state index >= 15 is 0 Å². The summed E-state index contributed by atoms with van der Waals surface area (Å²) in [5, 5.41) is 0. The SMILES string of the molecule is O=C1CCCCCCCCC(=O)OCCC1. The highest BCUT2D eigenvalue weighted by Crippen LogP contribution is 2.11. The Bertz CT molecular complexity index is 199. The largest absolute Gasteiger partial charge is 0.466 e. The van der Waals surface area contributed by atoms with Crippen LogP contribution >= 0.6 is 0 Å². The van der Waals surface area contributed by atoms with E-state index in [0.717, 1.165) is 25.7 Å². The molecule has 0 aromatic carbocycles. The van der Waals surface area contributed by atoms with Crippen LogP contribution in [0.5, 0.6) is 0 Å². The fourth-order valence-corrected chi connectivity index (χ4v) is 1.95. The molecule has 0 amide bonds. The Morgan fingerprint density at radius 3 is 2.00 bits per heavy atom. The molecule has 0 aromatic rings. The van der Waals surface area contributed by atoms with E-state index in [4.69, 9.17) is 4.74 Å². The van der Waals surface area contributed by atoms with Crippen molar-refractivity contribution in [3.05, 3.63) is 0 Å². The van der Waals surface area contributed by atoms with Gasteiger partial charge in [0.1, 0.15) is 5.78 Å². The number of cyclic esters (lactones) is 1. The molecule has 0 radical (unpaired) electrons. The average Bonchev–Trinajstić information content (AvgIpc) is 2.27. The summed E-state index contributed by atoms with van der Waals surface area (Å²) in [5.74, 6) is 0.206. The third-order valence-electron chi connectivity index (χ3n) is 2.95. The van der Waals surface area contributed by atoms with Crippen molar-refractivity contribution in [3.8, 4) is 0 Å². The van der Waals surface area contributed by atoms with Crippen molar-refractivity contribution in [3.63, 3.8) is 0 Å². The first-order valence-corrected chi connectivity index (χ1v) is 6.46. The molecule has 92 valence electrons. The summed E-state index contributed by atoms with van der Waals surface area (Å²) in [6, 6.07) is 0. The first-order chi connectivity index (χ1) is 7.79. The monoisotopic (exact) mass is 226 g/mol. The highest BCUT2D eigenvalue weighted by molar-refractivity contribution is 5.78. The van der Waals surface area contributed by atoms with Crippen molar-refractivity contribution in [2.75, 3.05) is 6.61 Å². The quantitative estimate of drug-likeness (QED) is 0.596. The molecule has 3 heteroatoms. The molecule has 0 unspecified atom stereocenters. The van der Waals surface area contributed by atoms with Crippen LogP contribution in [0.4, 0.5) is 0 Å². The molecule has 1 fully saturated rings.